The molecule has 0 aliphatic carbocycles. The second-order valence-corrected chi connectivity index (χ2v) is 14.2. The van der Waals surface area contributed by atoms with Crippen molar-refractivity contribution in [2.24, 2.45) is 0 Å². The molecule has 75 heavy (non-hydrogen) atoms. The Morgan fingerprint density at radius 1 is 0.133 bits per heavy atom. The third-order valence-corrected chi connectivity index (χ3v) is 10.1. The summed E-state index contributed by atoms with van der Waals surface area (Å²) in [6.45, 7) is 0. The third kappa shape index (κ3) is 7.94. The van der Waals surface area contributed by atoms with Gasteiger partial charge in [0.15, 0.2) is 140 Å². The second kappa shape index (κ2) is 19.0. The van der Waals surface area contributed by atoms with Gasteiger partial charge in [0.05, 0.1) is 17.1 Å². The molecule has 0 unspecified atom stereocenters. The zero-order valence-electron chi connectivity index (χ0n) is 33.9. The van der Waals surface area contributed by atoms with E-state index in [0.29, 0.717) is 0 Å². The van der Waals surface area contributed by atoms with Gasteiger partial charge in [-0.15, -0.1) is 0 Å². The van der Waals surface area contributed by atoms with E-state index in [9.17, 15) is 26.3 Å². The standard InChI is InChI=1S/C42H3F30N3/c43-7-13(49)25(61)37(26(62)14(7)50)73(38-27(63)15(51)8(44)16(52)28(38)64)4-1-5(74(39-29(65)17(53)9(45)18(54)30(39)66)40-31(67)19(55)10(46)20(56)32(40)68)3-6(2-4)75(41-33(69)21(57)11(47)22(58)34(41)70)42-35(71)23(59)12(48)24(60)36(42)72/h1-3H. The van der Waals surface area contributed by atoms with Crippen LogP contribution in [0.1, 0.15) is 0 Å². The maximum atomic E-state index is 15.9. The van der Waals surface area contributed by atoms with Crippen LogP contribution < -0.4 is 14.7 Å². The monoisotopic (exact) mass is 1120 g/mol. The average Bonchev–Trinajstić information content (AvgIpc) is 3.39. The van der Waals surface area contributed by atoms with Gasteiger partial charge < -0.3 is 0 Å². The minimum atomic E-state index is -3.56. The average molecular weight is 1120 g/mol. The van der Waals surface area contributed by atoms with E-state index in [1.54, 1.807) is 0 Å². The Bertz CT molecular complexity index is 2890. The summed E-state index contributed by atoms with van der Waals surface area (Å²) in [7, 11) is 0. The van der Waals surface area contributed by atoms with Crippen LogP contribution in [0.3, 0.4) is 0 Å². The SMILES string of the molecule is Fc1c(F)c(F)c(N(c2cc(N(c3c(F)c(F)c(F)c(F)c3F)c3c(F)c(F)c(F)c(F)c3F)cc(N(c3c(F)c(F)c(F)c(F)c3F)c3c(F)c(F)c(F)c(F)c3F)c2)c2c(F)c(F)c(F)c(F)c2F)c(F)c1F. The summed E-state index contributed by atoms with van der Waals surface area (Å²) in [5, 5.41) is 0. The Morgan fingerprint density at radius 2 is 0.213 bits per heavy atom. The Hall–Kier alpha value is -8.16. The van der Waals surface area contributed by atoms with Gasteiger partial charge in [0.1, 0.15) is 34.1 Å². The summed E-state index contributed by atoms with van der Waals surface area (Å²) in [5.74, 6) is -105. The quantitative estimate of drug-likeness (QED) is 0.0810. The molecule has 7 rings (SSSR count). The number of hydrogen-bond donors (Lipinski definition) is 0. The van der Waals surface area contributed by atoms with Gasteiger partial charge in [0, 0.05) is 0 Å². The largest absolute Gasteiger partial charge is 0.299 e. The number of nitrogens with zero attached hydrogens (tertiary/aromatic N) is 3. The molecule has 33 heteroatoms. The predicted octanol–water partition coefficient (Wildman–Crippen LogP) is 16.3. The third-order valence-electron chi connectivity index (χ3n) is 10.1. The number of anilines is 9. The van der Waals surface area contributed by atoms with Gasteiger partial charge in [-0.3, -0.25) is 14.7 Å². The van der Waals surface area contributed by atoms with Crippen LogP contribution in [0.4, 0.5) is 183 Å². The first kappa shape index (κ1) is 54.6. The smallest absolute Gasteiger partial charge is 0.200 e. The van der Waals surface area contributed by atoms with Crippen molar-refractivity contribution in [3.63, 3.8) is 0 Å². The molecule has 0 aromatic heterocycles. The molecule has 0 amide bonds. The van der Waals surface area contributed by atoms with Gasteiger partial charge in [-0.05, 0) is 18.2 Å². The second-order valence-electron chi connectivity index (χ2n) is 14.2. The topological polar surface area (TPSA) is 9.72 Å². The van der Waals surface area contributed by atoms with Crippen LogP contribution in [-0.2, 0) is 0 Å². The summed E-state index contributed by atoms with van der Waals surface area (Å²) < 4.78 is 457. The van der Waals surface area contributed by atoms with Gasteiger partial charge in [-0.2, -0.15) is 0 Å². The van der Waals surface area contributed by atoms with E-state index in [-0.39, 0.29) is 0 Å². The van der Waals surface area contributed by atoms with Crippen molar-refractivity contribution >= 4 is 51.2 Å². The molecule has 3 nitrogen and oxygen atoms in total. The van der Waals surface area contributed by atoms with Crippen molar-refractivity contribution in [3.8, 4) is 0 Å². The fourth-order valence-electron chi connectivity index (χ4n) is 6.81. The van der Waals surface area contributed by atoms with E-state index in [4.69, 9.17) is 0 Å². The summed E-state index contributed by atoms with van der Waals surface area (Å²) in [6, 6.07) is -2.78. The number of halogens is 30. The summed E-state index contributed by atoms with van der Waals surface area (Å²) in [4.78, 5) is -5.03. The molecular weight excluding hydrogens is 1120 g/mol. The van der Waals surface area contributed by atoms with E-state index >= 15 is 105 Å². The van der Waals surface area contributed by atoms with Crippen molar-refractivity contribution in [2.45, 2.75) is 0 Å². The van der Waals surface area contributed by atoms with Gasteiger partial charge in [0.25, 0.3) is 0 Å². The Balaban J connectivity index is 1.89. The first-order chi connectivity index (χ1) is 34.8. The molecule has 0 radical (unpaired) electrons. The molecule has 0 aliphatic heterocycles. The lowest BCUT2D eigenvalue weighted by molar-refractivity contribution is 0.375. The van der Waals surface area contributed by atoms with E-state index < -0.39 is 259 Å². The summed E-state index contributed by atoms with van der Waals surface area (Å²) in [5.41, 5.74) is -27.9. The minimum Gasteiger partial charge on any atom is -0.299 e. The first-order valence-corrected chi connectivity index (χ1v) is 18.4. The molecule has 396 valence electrons. The van der Waals surface area contributed by atoms with Crippen molar-refractivity contribution < 1.29 is 132 Å². The molecule has 0 saturated carbocycles. The van der Waals surface area contributed by atoms with Gasteiger partial charge >= 0.3 is 0 Å². The van der Waals surface area contributed by atoms with Crippen LogP contribution in [0.5, 0.6) is 0 Å². The lowest BCUT2D eigenvalue weighted by Gasteiger charge is -2.34. The lowest BCUT2D eigenvalue weighted by Crippen LogP contribution is -2.25. The fourth-order valence-corrected chi connectivity index (χ4v) is 6.81. The lowest BCUT2D eigenvalue weighted by atomic mass is 10.1. The van der Waals surface area contributed by atoms with Crippen LogP contribution in [0.25, 0.3) is 0 Å². The molecule has 7 aromatic rings. The normalized spacial score (nSPS) is 11.6. The highest BCUT2D eigenvalue weighted by Crippen LogP contribution is 2.53. The highest BCUT2D eigenvalue weighted by atomic mass is 19.2. The number of rotatable bonds is 9. The number of benzene rings is 7. The molecule has 0 spiro atoms. The molecule has 0 N–H and O–H groups in total. The van der Waals surface area contributed by atoms with Crippen LogP contribution in [0.2, 0.25) is 0 Å². The Kier molecular flexibility index (Phi) is 13.8. The van der Waals surface area contributed by atoms with Crippen molar-refractivity contribution in [1.29, 1.82) is 0 Å². The highest BCUT2D eigenvalue weighted by Gasteiger charge is 2.43. The van der Waals surface area contributed by atoms with E-state index in [2.05, 4.69) is 0 Å². The van der Waals surface area contributed by atoms with Crippen molar-refractivity contribution in [1.82, 2.24) is 0 Å². The van der Waals surface area contributed by atoms with Crippen LogP contribution in [0, 0.1) is 175 Å². The zero-order valence-corrected chi connectivity index (χ0v) is 33.9. The Labute approximate surface area is 390 Å². The molecule has 0 bridgehead atoms. The summed E-state index contributed by atoms with van der Waals surface area (Å²) >= 11 is 0. The van der Waals surface area contributed by atoms with Crippen LogP contribution >= 0.6 is 0 Å². The molecule has 0 atom stereocenters. The van der Waals surface area contributed by atoms with Gasteiger partial charge in [0.2, 0.25) is 34.9 Å². The maximum Gasteiger partial charge on any atom is 0.200 e. The van der Waals surface area contributed by atoms with Crippen molar-refractivity contribution in [2.75, 3.05) is 14.7 Å². The van der Waals surface area contributed by atoms with Crippen molar-refractivity contribution in [3.05, 3.63) is 193 Å². The molecule has 7 aromatic carbocycles. The van der Waals surface area contributed by atoms with E-state index in [0.717, 1.165) is 0 Å². The molecule has 0 heterocycles. The summed E-state index contributed by atoms with van der Waals surface area (Å²) in [6.07, 6.45) is 0. The highest BCUT2D eigenvalue weighted by molar-refractivity contribution is 5.90. The predicted molar refractivity (Wildman–Crippen MR) is 189 cm³/mol. The first-order valence-electron chi connectivity index (χ1n) is 18.4. The molecular formula is C42H3F30N3. The Morgan fingerprint density at radius 3 is 0.307 bits per heavy atom. The van der Waals surface area contributed by atoms with E-state index in [1.807, 2.05) is 0 Å². The number of hydrogen-bond acceptors (Lipinski definition) is 3. The molecule has 0 aliphatic rings. The van der Waals surface area contributed by atoms with Crippen LogP contribution in [0.15, 0.2) is 18.2 Å². The minimum absolute atomic E-state index is 0.926. The van der Waals surface area contributed by atoms with Crippen LogP contribution in [-0.4, -0.2) is 0 Å². The van der Waals surface area contributed by atoms with E-state index in [1.165, 1.54) is 0 Å². The zero-order chi connectivity index (χ0) is 56.4. The molecule has 0 fully saturated rings. The van der Waals surface area contributed by atoms with Gasteiger partial charge in [-0.25, -0.2) is 132 Å². The fraction of sp³-hybridized carbons (Fsp3) is 0. The molecule has 0 saturated heterocycles. The maximum absolute atomic E-state index is 15.9. The van der Waals surface area contributed by atoms with Gasteiger partial charge in [-0.1, -0.05) is 0 Å².